The van der Waals surface area contributed by atoms with Gasteiger partial charge in [0.15, 0.2) is 0 Å². The predicted octanol–water partition coefficient (Wildman–Crippen LogP) is 2.22. The van der Waals surface area contributed by atoms with Crippen LogP contribution in [0, 0.1) is 0 Å². The van der Waals surface area contributed by atoms with Gasteiger partial charge in [0.05, 0.1) is 13.7 Å². The lowest BCUT2D eigenvalue weighted by atomic mass is 10.2. The largest absolute Gasteiger partial charge is 0.497 e. The molecule has 1 aliphatic heterocycles. The van der Waals surface area contributed by atoms with Gasteiger partial charge in [-0.25, -0.2) is 4.79 Å². The van der Waals surface area contributed by atoms with Crippen molar-refractivity contribution in [1.29, 1.82) is 0 Å². The molecule has 1 saturated heterocycles. The van der Waals surface area contributed by atoms with Gasteiger partial charge in [0.1, 0.15) is 5.75 Å². The minimum absolute atomic E-state index is 0. The Morgan fingerprint density at radius 3 is 2.56 bits per heavy atom. The van der Waals surface area contributed by atoms with Crippen LogP contribution in [0.25, 0.3) is 0 Å². The van der Waals surface area contributed by atoms with E-state index in [0.29, 0.717) is 38.4 Å². The van der Waals surface area contributed by atoms with Crippen molar-refractivity contribution in [3.05, 3.63) is 24.3 Å². The number of ether oxygens (including phenoxy) is 2. The normalized spacial score (nSPS) is 14.4. The highest BCUT2D eigenvalue weighted by Gasteiger charge is 2.21. The molecule has 7 nitrogen and oxygen atoms in total. The summed E-state index contributed by atoms with van der Waals surface area (Å²) in [6.45, 7) is 5.65. The number of methoxy groups -OCH3 is 1. The van der Waals surface area contributed by atoms with Gasteiger partial charge >= 0.3 is 6.09 Å². The van der Waals surface area contributed by atoms with Crippen molar-refractivity contribution in [2.24, 2.45) is 0 Å². The van der Waals surface area contributed by atoms with E-state index in [1.807, 2.05) is 18.2 Å². The maximum Gasteiger partial charge on any atom is 0.409 e. The zero-order chi connectivity index (χ0) is 17.4. The first kappa shape index (κ1) is 21.1. The Balaban J connectivity index is 0.00000312. The van der Waals surface area contributed by atoms with Gasteiger partial charge in [-0.15, -0.1) is 12.4 Å². The Morgan fingerprint density at radius 1 is 1.20 bits per heavy atom. The average Bonchev–Trinajstić information content (AvgIpc) is 2.61. The molecule has 0 aromatic heterocycles. The summed E-state index contributed by atoms with van der Waals surface area (Å²) < 4.78 is 10.1. The average molecular weight is 372 g/mol. The lowest BCUT2D eigenvalue weighted by molar-refractivity contribution is -0.116. The molecule has 1 heterocycles. The number of halogens is 1. The van der Waals surface area contributed by atoms with Crippen molar-refractivity contribution in [2.75, 3.05) is 51.8 Å². The topological polar surface area (TPSA) is 71.1 Å². The highest BCUT2D eigenvalue weighted by Crippen LogP contribution is 2.16. The van der Waals surface area contributed by atoms with Gasteiger partial charge in [-0.1, -0.05) is 6.07 Å². The van der Waals surface area contributed by atoms with Crippen molar-refractivity contribution < 1.29 is 19.1 Å². The van der Waals surface area contributed by atoms with E-state index in [2.05, 4.69) is 10.2 Å². The van der Waals surface area contributed by atoms with E-state index in [4.69, 9.17) is 9.47 Å². The summed E-state index contributed by atoms with van der Waals surface area (Å²) in [7, 11) is 1.59. The van der Waals surface area contributed by atoms with Gasteiger partial charge < -0.3 is 19.7 Å². The first-order valence-corrected chi connectivity index (χ1v) is 8.20. The van der Waals surface area contributed by atoms with Crippen LogP contribution in [-0.2, 0) is 9.53 Å². The number of hydrogen-bond donors (Lipinski definition) is 1. The van der Waals surface area contributed by atoms with E-state index in [9.17, 15) is 9.59 Å². The third-order valence-electron chi connectivity index (χ3n) is 3.91. The summed E-state index contributed by atoms with van der Waals surface area (Å²) in [5.41, 5.74) is 0.728. The van der Waals surface area contributed by atoms with E-state index >= 15 is 0 Å². The molecule has 1 N–H and O–H groups in total. The van der Waals surface area contributed by atoms with Crippen molar-refractivity contribution >= 4 is 30.1 Å². The number of hydrogen-bond acceptors (Lipinski definition) is 5. The summed E-state index contributed by atoms with van der Waals surface area (Å²) in [6.07, 6.45) is 0.157. The third-order valence-corrected chi connectivity index (χ3v) is 3.91. The molecule has 0 saturated carbocycles. The van der Waals surface area contributed by atoms with Crippen molar-refractivity contribution in [3.63, 3.8) is 0 Å². The molecule has 0 aliphatic carbocycles. The Kier molecular flexibility index (Phi) is 9.08. The van der Waals surface area contributed by atoms with Crippen LogP contribution in [0.4, 0.5) is 10.5 Å². The number of benzene rings is 1. The van der Waals surface area contributed by atoms with Crippen LogP contribution in [0.2, 0.25) is 0 Å². The molecule has 0 unspecified atom stereocenters. The van der Waals surface area contributed by atoms with Crippen LogP contribution < -0.4 is 10.1 Å². The monoisotopic (exact) mass is 371 g/mol. The minimum Gasteiger partial charge on any atom is -0.497 e. The number of piperazine rings is 1. The van der Waals surface area contributed by atoms with Gasteiger partial charge in [-0.05, 0) is 19.1 Å². The summed E-state index contributed by atoms with van der Waals surface area (Å²) in [5.74, 6) is 0.680. The molecule has 8 heteroatoms. The van der Waals surface area contributed by atoms with E-state index in [1.165, 1.54) is 0 Å². The number of amides is 2. The fraction of sp³-hybridized carbons (Fsp3) is 0.529. The second kappa shape index (κ2) is 10.8. The maximum atomic E-state index is 12.0. The van der Waals surface area contributed by atoms with Gasteiger partial charge in [0, 0.05) is 50.9 Å². The zero-order valence-corrected chi connectivity index (χ0v) is 15.5. The molecule has 25 heavy (non-hydrogen) atoms. The van der Waals surface area contributed by atoms with Gasteiger partial charge in [-0.3, -0.25) is 9.69 Å². The second-order valence-corrected chi connectivity index (χ2v) is 5.56. The molecular weight excluding hydrogens is 346 g/mol. The first-order chi connectivity index (χ1) is 11.6. The summed E-state index contributed by atoms with van der Waals surface area (Å²) >= 11 is 0. The molecule has 1 fully saturated rings. The molecule has 0 bridgehead atoms. The van der Waals surface area contributed by atoms with Crippen molar-refractivity contribution in [1.82, 2.24) is 9.80 Å². The van der Waals surface area contributed by atoms with Crippen LogP contribution in [-0.4, -0.2) is 68.2 Å². The Hall–Kier alpha value is -1.99. The van der Waals surface area contributed by atoms with E-state index in [1.54, 1.807) is 25.0 Å². The van der Waals surface area contributed by atoms with Gasteiger partial charge in [0.25, 0.3) is 0 Å². The first-order valence-electron chi connectivity index (χ1n) is 8.20. The van der Waals surface area contributed by atoms with Crippen LogP contribution in [0.3, 0.4) is 0 Å². The quantitative estimate of drug-likeness (QED) is 0.830. The summed E-state index contributed by atoms with van der Waals surface area (Å²) in [5, 5.41) is 2.87. The van der Waals surface area contributed by atoms with Crippen molar-refractivity contribution in [3.8, 4) is 5.75 Å². The predicted molar refractivity (Wildman–Crippen MR) is 98.5 cm³/mol. The molecule has 0 radical (unpaired) electrons. The number of carbonyl (C=O) groups is 2. The molecule has 0 spiro atoms. The number of nitrogens with one attached hydrogen (secondary N) is 1. The Bertz CT molecular complexity index is 563. The van der Waals surface area contributed by atoms with Crippen LogP contribution in [0.15, 0.2) is 24.3 Å². The van der Waals surface area contributed by atoms with Crippen LogP contribution in [0.5, 0.6) is 5.75 Å². The molecule has 1 aromatic rings. The van der Waals surface area contributed by atoms with Crippen LogP contribution >= 0.6 is 12.4 Å². The smallest absolute Gasteiger partial charge is 0.409 e. The van der Waals surface area contributed by atoms with Gasteiger partial charge in [-0.2, -0.15) is 0 Å². The van der Waals surface area contributed by atoms with E-state index in [-0.39, 0.29) is 24.4 Å². The molecule has 0 atom stereocenters. The van der Waals surface area contributed by atoms with Gasteiger partial charge in [0.2, 0.25) is 5.91 Å². The summed E-state index contributed by atoms with van der Waals surface area (Å²) in [6, 6.07) is 7.29. The molecule has 1 aromatic carbocycles. The molecule has 1 aliphatic rings. The Morgan fingerprint density at radius 2 is 1.92 bits per heavy atom. The zero-order valence-electron chi connectivity index (χ0n) is 14.7. The van der Waals surface area contributed by atoms with E-state index < -0.39 is 0 Å². The standard InChI is InChI=1S/C17H25N3O4.ClH/c1-3-24-17(22)20-11-9-19(10-12-20)8-7-16(21)18-14-5-4-6-15(13-14)23-2;/h4-6,13H,3,7-12H2,1-2H3,(H,18,21);1H. The lowest BCUT2D eigenvalue weighted by Crippen LogP contribution is -2.49. The maximum absolute atomic E-state index is 12.0. The number of carbonyl (C=O) groups excluding carboxylic acids is 2. The van der Waals surface area contributed by atoms with Crippen molar-refractivity contribution in [2.45, 2.75) is 13.3 Å². The minimum atomic E-state index is -0.257. The summed E-state index contributed by atoms with van der Waals surface area (Å²) in [4.78, 5) is 27.6. The number of anilines is 1. The molecule has 2 rings (SSSR count). The third kappa shape index (κ3) is 6.80. The second-order valence-electron chi connectivity index (χ2n) is 5.56. The lowest BCUT2D eigenvalue weighted by Gasteiger charge is -2.33. The fourth-order valence-electron chi connectivity index (χ4n) is 2.55. The molecular formula is C17H26ClN3O4. The molecule has 140 valence electrons. The number of rotatable bonds is 6. The highest BCUT2D eigenvalue weighted by atomic mass is 35.5. The Labute approximate surface area is 154 Å². The van der Waals surface area contributed by atoms with E-state index in [0.717, 1.165) is 18.8 Å². The highest BCUT2D eigenvalue weighted by molar-refractivity contribution is 5.91. The number of nitrogens with zero attached hydrogens (tertiary/aromatic N) is 2. The van der Waals surface area contributed by atoms with Crippen LogP contribution in [0.1, 0.15) is 13.3 Å². The molecule has 2 amide bonds. The SMILES string of the molecule is CCOC(=O)N1CCN(CCC(=O)Nc2cccc(OC)c2)CC1.Cl. The fourth-order valence-corrected chi connectivity index (χ4v) is 2.55.